The highest BCUT2D eigenvalue weighted by atomic mass is 19.1. The number of likely N-dealkylation sites (tertiary alicyclic amines) is 1. The van der Waals surface area contributed by atoms with E-state index in [1.807, 2.05) is 10.8 Å². The van der Waals surface area contributed by atoms with Gasteiger partial charge in [-0.1, -0.05) is 12.1 Å². The Bertz CT molecular complexity index is 929. The van der Waals surface area contributed by atoms with Crippen molar-refractivity contribution in [2.24, 2.45) is 0 Å². The molecule has 1 saturated heterocycles. The van der Waals surface area contributed by atoms with Gasteiger partial charge < -0.3 is 14.6 Å². The van der Waals surface area contributed by atoms with Crippen molar-refractivity contribution in [3.05, 3.63) is 60.6 Å². The summed E-state index contributed by atoms with van der Waals surface area (Å²) < 4.78 is 15.4. The number of nitrogens with zero attached hydrogens (tertiary/aromatic N) is 4. The van der Waals surface area contributed by atoms with E-state index in [-0.39, 0.29) is 11.7 Å². The number of rotatable bonds is 4. The summed E-state index contributed by atoms with van der Waals surface area (Å²) in [5.74, 6) is -0.546. The van der Waals surface area contributed by atoms with Gasteiger partial charge in [0, 0.05) is 31.0 Å². The summed E-state index contributed by atoms with van der Waals surface area (Å²) >= 11 is 0. The maximum atomic E-state index is 13.5. The number of aliphatic hydroxyl groups is 1. The first-order valence-corrected chi connectivity index (χ1v) is 8.81. The Morgan fingerprint density at radius 2 is 2.15 bits per heavy atom. The highest BCUT2D eigenvalue weighted by Crippen LogP contribution is 2.28. The third-order valence-corrected chi connectivity index (χ3v) is 5.00. The minimum atomic E-state index is -0.862. The van der Waals surface area contributed by atoms with Crippen LogP contribution in [0.15, 0.2) is 49.2 Å². The average Bonchev–Trinajstić information content (AvgIpc) is 3.33. The van der Waals surface area contributed by atoms with Gasteiger partial charge in [-0.25, -0.2) is 9.37 Å². The number of carbonyl (C=O) groups is 1. The van der Waals surface area contributed by atoms with Crippen LogP contribution in [0.3, 0.4) is 0 Å². The number of H-pyrrole nitrogens is 1. The van der Waals surface area contributed by atoms with Crippen molar-refractivity contribution in [1.82, 2.24) is 24.6 Å². The molecule has 0 unspecified atom stereocenters. The van der Waals surface area contributed by atoms with E-state index in [4.69, 9.17) is 0 Å². The lowest BCUT2D eigenvalue weighted by Crippen LogP contribution is -2.48. The molecule has 0 bridgehead atoms. The molecule has 0 spiro atoms. The van der Waals surface area contributed by atoms with Crippen LogP contribution >= 0.6 is 0 Å². The molecule has 0 atom stereocenters. The van der Waals surface area contributed by atoms with Gasteiger partial charge in [0.2, 0.25) is 0 Å². The van der Waals surface area contributed by atoms with E-state index in [1.54, 1.807) is 29.6 Å². The van der Waals surface area contributed by atoms with Crippen molar-refractivity contribution in [1.29, 1.82) is 0 Å². The number of aromatic amines is 1. The number of amides is 1. The van der Waals surface area contributed by atoms with E-state index >= 15 is 0 Å². The summed E-state index contributed by atoms with van der Waals surface area (Å²) in [5.41, 5.74) is 0.614. The SMILES string of the molecule is O=C(c1cn[nH]c1-c1cccc(F)c1)N1CCC(O)(Cn2ccnc2)CC1. The number of piperidine rings is 1. The molecular formula is C19H20FN5O2. The molecule has 1 amide bonds. The van der Waals surface area contributed by atoms with Gasteiger partial charge in [-0.2, -0.15) is 5.10 Å². The zero-order valence-corrected chi connectivity index (χ0v) is 14.7. The van der Waals surface area contributed by atoms with Gasteiger partial charge in [-0.05, 0) is 25.0 Å². The Labute approximate surface area is 155 Å². The molecule has 8 heteroatoms. The molecular weight excluding hydrogens is 349 g/mol. The minimum absolute atomic E-state index is 0.173. The Kier molecular flexibility index (Phi) is 4.49. The lowest BCUT2D eigenvalue weighted by atomic mass is 9.91. The molecule has 7 nitrogen and oxygen atoms in total. The molecule has 2 aromatic heterocycles. The Hall–Kier alpha value is -3.00. The first-order chi connectivity index (χ1) is 13.0. The average molecular weight is 369 g/mol. The van der Waals surface area contributed by atoms with E-state index in [1.165, 1.54) is 18.3 Å². The number of nitrogens with one attached hydrogen (secondary N) is 1. The van der Waals surface area contributed by atoms with E-state index in [0.29, 0.717) is 49.3 Å². The number of benzene rings is 1. The predicted octanol–water partition coefficient (Wildman–Crippen LogP) is 2.08. The molecule has 3 heterocycles. The van der Waals surface area contributed by atoms with Crippen molar-refractivity contribution in [3.63, 3.8) is 0 Å². The summed E-state index contributed by atoms with van der Waals surface area (Å²) in [6.45, 7) is 1.34. The van der Waals surface area contributed by atoms with Crippen LogP contribution in [0.1, 0.15) is 23.2 Å². The highest BCUT2D eigenvalue weighted by Gasteiger charge is 2.35. The van der Waals surface area contributed by atoms with Crippen LogP contribution in [0, 0.1) is 5.82 Å². The molecule has 4 rings (SSSR count). The first-order valence-electron chi connectivity index (χ1n) is 8.81. The summed E-state index contributed by atoms with van der Waals surface area (Å²) in [5, 5.41) is 17.5. The largest absolute Gasteiger partial charge is 0.388 e. The van der Waals surface area contributed by atoms with Crippen LogP contribution in [-0.2, 0) is 6.54 Å². The molecule has 0 aliphatic carbocycles. The van der Waals surface area contributed by atoms with Gasteiger partial charge in [0.1, 0.15) is 5.82 Å². The predicted molar refractivity (Wildman–Crippen MR) is 96.3 cm³/mol. The van der Waals surface area contributed by atoms with E-state index in [0.717, 1.165) is 0 Å². The van der Waals surface area contributed by atoms with Crippen LogP contribution in [0.25, 0.3) is 11.3 Å². The fourth-order valence-electron chi connectivity index (χ4n) is 3.49. The van der Waals surface area contributed by atoms with E-state index < -0.39 is 5.60 Å². The van der Waals surface area contributed by atoms with Gasteiger partial charge in [-0.3, -0.25) is 9.89 Å². The third-order valence-electron chi connectivity index (χ3n) is 5.00. The normalized spacial score (nSPS) is 16.4. The van der Waals surface area contributed by atoms with Crippen molar-refractivity contribution in [3.8, 4) is 11.3 Å². The smallest absolute Gasteiger partial charge is 0.257 e. The highest BCUT2D eigenvalue weighted by molar-refractivity contribution is 5.99. The molecule has 1 fully saturated rings. The van der Waals surface area contributed by atoms with Gasteiger partial charge in [0.25, 0.3) is 5.91 Å². The number of hydrogen-bond acceptors (Lipinski definition) is 4. The van der Waals surface area contributed by atoms with Crippen LogP contribution in [0.5, 0.6) is 0 Å². The topological polar surface area (TPSA) is 87.0 Å². The molecule has 0 saturated carbocycles. The Morgan fingerprint density at radius 1 is 1.33 bits per heavy atom. The third kappa shape index (κ3) is 3.61. The van der Waals surface area contributed by atoms with Crippen molar-refractivity contribution in [2.75, 3.05) is 13.1 Å². The zero-order chi connectivity index (χ0) is 18.9. The monoisotopic (exact) mass is 369 g/mol. The number of aromatic nitrogens is 4. The molecule has 27 heavy (non-hydrogen) atoms. The maximum absolute atomic E-state index is 13.5. The van der Waals surface area contributed by atoms with Crippen molar-refractivity contribution < 1.29 is 14.3 Å². The molecule has 3 aromatic rings. The quantitative estimate of drug-likeness (QED) is 0.737. The Balaban J connectivity index is 1.47. The number of carbonyl (C=O) groups excluding carboxylic acids is 1. The molecule has 2 N–H and O–H groups in total. The van der Waals surface area contributed by atoms with Gasteiger partial charge in [-0.15, -0.1) is 0 Å². The second kappa shape index (κ2) is 6.96. The number of hydrogen-bond donors (Lipinski definition) is 2. The van der Waals surface area contributed by atoms with Crippen LogP contribution in [0.2, 0.25) is 0 Å². The van der Waals surface area contributed by atoms with Crippen molar-refractivity contribution >= 4 is 5.91 Å². The minimum Gasteiger partial charge on any atom is -0.388 e. The second-order valence-corrected chi connectivity index (χ2v) is 6.92. The van der Waals surface area contributed by atoms with Gasteiger partial charge >= 0.3 is 0 Å². The van der Waals surface area contributed by atoms with Gasteiger partial charge in [0.15, 0.2) is 0 Å². The zero-order valence-electron chi connectivity index (χ0n) is 14.7. The molecule has 140 valence electrons. The number of halogens is 1. The fraction of sp³-hybridized carbons (Fsp3) is 0.316. The lowest BCUT2D eigenvalue weighted by Gasteiger charge is -2.38. The standard InChI is InChI=1S/C19H20FN5O2/c20-15-3-1-2-14(10-15)17-16(11-22-23-17)18(26)25-7-4-19(27,5-8-25)12-24-9-6-21-13-24/h1-3,6,9-11,13,27H,4-5,7-8,12H2,(H,22,23). The van der Waals surface area contributed by atoms with Crippen molar-refractivity contribution in [2.45, 2.75) is 25.0 Å². The second-order valence-electron chi connectivity index (χ2n) is 6.92. The van der Waals surface area contributed by atoms with Crippen LogP contribution in [0.4, 0.5) is 4.39 Å². The lowest BCUT2D eigenvalue weighted by molar-refractivity contribution is -0.0292. The van der Waals surface area contributed by atoms with E-state index in [2.05, 4.69) is 15.2 Å². The van der Waals surface area contributed by atoms with Crippen LogP contribution in [-0.4, -0.2) is 54.4 Å². The van der Waals surface area contributed by atoms with Gasteiger partial charge in [0.05, 0.1) is 35.9 Å². The summed E-state index contributed by atoms with van der Waals surface area (Å²) in [6.07, 6.45) is 7.58. The molecule has 0 radical (unpaired) electrons. The summed E-state index contributed by atoms with van der Waals surface area (Å²) in [4.78, 5) is 18.6. The maximum Gasteiger partial charge on any atom is 0.257 e. The first kappa shape index (κ1) is 17.4. The summed E-state index contributed by atoms with van der Waals surface area (Å²) in [7, 11) is 0. The molecule has 1 aromatic carbocycles. The van der Waals surface area contributed by atoms with Crippen LogP contribution < -0.4 is 0 Å². The number of imidazole rings is 1. The van der Waals surface area contributed by atoms with E-state index in [9.17, 15) is 14.3 Å². The fourth-order valence-corrected chi connectivity index (χ4v) is 3.49. The summed E-state index contributed by atoms with van der Waals surface area (Å²) in [6, 6.07) is 6.04. The molecule has 1 aliphatic heterocycles. The Morgan fingerprint density at radius 3 is 2.85 bits per heavy atom. The molecule has 1 aliphatic rings.